The molecule has 0 fully saturated rings. The lowest BCUT2D eigenvalue weighted by Crippen LogP contribution is -2.36. The van der Waals surface area contributed by atoms with Gasteiger partial charge in [-0.2, -0.15) is 0 Å². The molecule has 222 valence electrons. The SMILES string of the molecule is CC(C)C[C@H](N)C(=O)O.CC(C)[C@H](N)C(=O)O.CC[C@H](C)[C@H](N)C(=O)O.C[C@H](N)C(=O)O.NCC(=O)O. The van der Waals surface area contributed by atoms with Crippen molar-refractivity contribution in [3.63, 3.8) is 0 Å². The summed E-state index contributed by atoms with van der Waals surface area (Å²) in [4.78, 5) is 49.1. The Balaban J connectivity index is -0.000000117. The van der Waals surface area contributed by atoms with Crippen LogP contribution in [0.15, 0.2) is 0 Å². The zero-order valence-corrected chi connectivity index (χ0v) is 22.8. The molecule has 37 heavy (non-hydrogen) atoms. The highest BCUT2D eigenvalue weighted by atomic mass is 16.4. The molecule has 0 radical (unpaired) electrons. The molecule has 0 amide bonds. The maximum absolute atomic E-state index is 10.2. The van der Waals surface area contributed by atoms with Gasteiger partial charge in [-0.1, -0.05) is 48.0 Å². The fraction of sp³-hybridized carbons (Fsp3) is 0.773. The van der Waals surface area contributed by atoms with Crippen molar-refractivity contribution in [2.24, 2.45) is 46.4 Å². The van der Waals surface area contributed by atoms with Gasteiger partial charge in [0.25, 0.3) is 0 Å². The molecule has 0 aromatic rings. The predicted molar refractivity (Wildman–Crippen MR) is 139 cm³/mol. The summed E-state index contributed by atoms with van der Waals surface area (Å²) in [5.74, 6) is -4.24. The van der Waals surface area contributed by atoms with Crippen LogP contribution in [-0.4, -0.2) is 86.1 Å². The lowest BCUT2D eigenvalue weighted by atomic mass is 10.0. The van der Waals surface area contributed by atoms with E-state index in [2.05, 4.69) is 5.73 Å². The average Bonchev–Trinajstić information content (AvgIpc) is 2.78. The van der Waals surface area contributed by atoms with Crippen LogP contribution in [0.3, 0.4) is 0 Å². The predicted octanol–water partition coefficient (Wildman–Crippen LogP) is -0.609. The first-order valence-electron chi connectivity index (χ1n) is 11.5. The van der Waals surface area contributed by atoms with Gasteiger partial charge in [-0.05, 0) is 31.1 Å². The van der Waals surface area contributed by atoms with Crippen LogP contribution in [0.25, 0.3) is 0 Å². The molecule has 15 N–H and O–H groups in total. The van der Waals surface area contributed by atoms with E-state index in [0.29, 0.717) is 12.3 Å². The summed E-state index contributed by atoms with van der Waals surface area (Å²) in [6.07, 6.45) is 1.36. The van der Waals surface area contributed by atoms with Crippen molar-refractivity contribution in [3.05, 3.63) is 0 Å². The highest BCUT2D eigenvalue weighted by molar-refractivity contribution is 5.74. The molecule has 0 heterocycles. The molecule has 0 bridgehead atoms. The molecule has 0 saturated carbocycles. The van der Waals surface area contributed by atoms with Crippen LogP contribution in [0.2, 0.25) is 0 Å². The zero-order valence-electron chi connectivity index (χ0n) is 22.8. The zero-order chi connectivity index (χ0) is 31.0. The van der Waals surface area contributed by atoms with Crippen LogP contribution in [0.5, 0.6) is 0 Å². The highest BCUT2D eigenvalue weighted by Crippen LogP contribution is 2.04. The Labute approximate surface area is 218 Å². The molecule has 0 aliphatic rings. The normalized spacial score (nSPS) is 13.7. The Morgan fingerprint density at radius 1 is 0.649 bits per heavy atom. The monoisotopic (exact) mass is 543 g/mol. The van der Waals surface area contributed by atoms with E-state index in [4.69, 9.17) is 48.5 Å². The molecule has 0 unspecified atom stereocenters. The summed E-state index contributed by atoms with van der Waals surface area (Å²) < 4.78 is 0. The van der Waals surface area contributed by atoms with Crippen molar-refractivity contribution in [2.45, 2.75) is 85.5 Å². The van der Waals surface area contributed by atoms with Crippen LogP contribution >= 0.6 is 0 Å². The van der Waals surface area contributed by atoms with Crippen molar-refractivity contribution in [2.75, 3.05) is 6.54 Å². The number of carboxylic acids is 5. The van der Waals surface area contributed by atoms with Crippen molar-refractivity contribution < 1.29 is 49.5 Å². The third-order valence-corrected chi connectivity index (χ3v) is 4.15. The van der Waals surface area contributed by atoms with Gasteiger partial charge in [0.1, 0.15) is 24.2 Å². The Hall–Kier alpha value is -2.85. The number of hydrogen-bond donors (Lipinski definition) is 10. The van der Waals surface area contributed by atoms with Gasteiger partial charge in [0.05, 0.1) is 6.54 Å². The second kappa shape index (κ2) is 26.2. The smallest absolute Gasteiger partial charge is 0.320 e. The second-order valence-corrected chi connectivity index (χ2v) is 8.66. The van der Waals surface area contributed by atoms with Crippen molar-refractivity contribution in [3.8, 4) is 0 Å². The summed E-state index contributed by atoms with van der Waals surface area (Å²) in [5, 5.41) is 40.4. The topological polar surface area (TPSA) is 317 Å². The lowest BCUT2D eigenvalue weighted by molar-refractivity contribution is -0.140. The van der Waals surface area contributed by atoms with Gasteiger partial charge in [0.2, 0.25) is 0 Å². The van der Waals surface area contributed by atoms with E-state index in [1.807, 2.05) is 27.7 Å². The van der Waals surface area contributed by atoms with Gasteiger partial charge >= 0.3 is 29.8 Å². The van der Waals surface area contributed by atoms with Gasteiger partial charge in [0, 0.05) is 0 Å². The molecule has 0 saturated heterocycles. The van der Waals surface area contributed by atoms with E-state index in [0.717, 1.165) is 6.42 Å². The summed E-state index contributed by atoms with van der Waals surface area (Å²) in [6.45, 7) is 12.3. The number of carboxylic acid groups (broad SMARTS) is 5. The molecule has 0 aromatic heterocycles. The molecule has 0 aromatic carbocycles. The van der Waals surface area contributed by atoms with E-state index >= 15 is 0 Å². The van der Waals surface area contributed by atoms with Gasteiger partial charge in [0.15, 0.2) is 0 Å². The number of rotatable bonds is 10. The number of nitrogens with two attached hydrogens (primary N) is 5. The molecule has 0 aliphatic heterocycles. The molecule has 15 heteroatoms. The first-order valence-corrected chi connectivity index (χ1v) is 11.5. The van der Waals surface area contributed by atoms with Crippen LogP contribution in [0, 0.1) is 17.8 Å². The minimum absolute atomic E-state index is 0.0208. The number of hydrogen-bond acceptors (Lipinski definition) is 10. The largest absolute Gasteiger partial charge is 0.480 e. The van der Waals surface area contributed by atoms with Crippen LogP contribution in [-0.2, 0) is 24.0 Å². The van der Waals surface area contributed by atoms with E-state index in [-0.39, 0.29) is 18.4 Å². The maximum Gasteiger partial charge on any atom is 0.320 e. The third kappa shape index (κ3) is 37.9. The first kappa shape index (κ1) is 44.2. The number of aliphatic carboxylic acids is 5. The van der Waals surface area contributed by atoms with Gasteiger partial charge in [-0.3, -0.25) is 24.0 Å². The second-order valence-electron chi connectivity index (χ2n) is 8.66. The van der Waals surface area contributed by atoms with Gasteiger partial charge in [-0.15, -0.1) is 0 Å². The molecule has 5 atom stereocenters. The summed E-state index contributed by atoms with van der Waals surface area (Å²) >= 11 is 0. The molecule has 0 aliphatic carbocycles. The Bertz CT molecular complexity index is 645. The summed E-state index contributed by atoms with van der Waals surface area (Å²) in [7, 11) is 0. The van der Waals surface area contributed by atoms with E-state index in [1.54, 1.807) is 13.8 Å². The minimum atomic E-state index is -0.968. The maximum atomic E-state index is 10.2. The molecule has 15 nitrogen and oxygen atoms in total. The summed E-state index contributed by atoms with van der Waals surface area (Å²) in [6, 6.07) is -2.83. The Kier molecular flexibility index (Phi) is 31.3. The molecule has 0 spiro atoms. The van der Waals surface area contributed by atoms with Gasteiger partial charge in [-0.25, -0.2) is 0 Å². The van der Waals surface area contributed by atoms with Crippen molar-refractivity contribution in [1.29, 1.82) is 0 Å². The van der Waals surface area contributed by atoms with E-state index in [9.17, 15) is 24.0 Å². The fourth-order valence-electron chi connectivity index (χ4n) is 1.39. The quantitative estimate of drug-likeness (QED) is 0.164. The van der Waals surface area contributed by atoms with Crippen LogP contribution in [0.4, 0.5) is 0 Å². The average molecular weight is 544 g/mol. The van der Waals surface area contributed by atoms with Gasteiger partial charge < -0.3 is 54.2 Å². The summed E-state index contributed by atoms with van der Waals surface area (Å²) in [5.41, 5.74) is 25.1. The molecular weight excluding hydrogens is 494 g/mol. The number of carbonyl (C=O) groups is 5. The minimum Gasteiger partial charge on any atom is -0.480 e. The third-order valence-electron chi connectivity index (χ3n) is 4.15. The standard InChI is InChI=1S/2C6H13NO2.C5H11NO2.C3H7NO2.C2H5NO2/c1-4(2)3-5(7)6(8)9;1-3-4(2)5(7)6(8)9;1-3(2)4(6)5(7)8;1-2(4)3(5)6;3-1-2(4)5/h2*4-5H,3,7H2,1-2H3,(H,8,9);3-4H,6H2,1-2H3,(H,7,8);2H,4H2,1H3,(H,5,6);1,3H2,(H,4,5)/t5-;4-,5-;4-;2-;/m0000./s1. The lowest BCUT2D eigenvalue weighted by Gasteiger charge is -2.11. The Morgan fingerprint density at radius 2 is 0.973 bits per heavy atom. The highest BCUT2D eigenvalue weighted by Gasteiger charge is 2.17. The van der Waals surface area contributed by atoms with Crippen LogP contribution in [0.1, 0.15) is 61.3 Å². The first-order chi connectivity index (χ1) is 16.6. The van der Waals surface area contributed by atoms with E-state index in [1.165, 1.54) is 6.92 Å². The van der Waals surface area contributed by atoms with E-state index < -0.39 is 54.0 Å². The van der Waals surface area contributed by atoms with Crippen molar-refractivity contribution >= 4 is 29.8 Å². The fourth-order valence-corrected chi connectivity index (χ4v) is 1.39. The molecular formula is C22H49N5O10. The van der Waals surface area contributed by atoms with Crippen LogP contribution < -0.4 is 28.7 Å². The Morgan fingerprint density at radius 3 is 1.03 bits per heavy atom. The van der Waals surface area contributed by atoms with Crippen molar-refractivity contribution in [1.82, 2.24) is 0 Å². The molecule has 0 rings (SSSR count).